The van der Waals surface area contributed by atoms with Crippen LogP contribution in [-0.4, -0.2) is 36.4 Å². The van der Waals surface area contributed by atoms with Gasteiger partial charge in [0, 0.05) is 18.8 Å². The Hall–Kier alpha value is -1.88. The van der Waals surface area contributed by atoms with E-state index in [4.69, 9.17) is 9.47 Å². The Balaban J connectivity index is 2.40. The van der Waals surface area contributed by atoms with E-state index in [2.05, 4.69) is 0 Å². The molecule has 116 valence electrons. The number of esters is 2. The van der Waals surface area contributed by atoms with Crippen LogP contribution in [0, 0.1) is 11.8 Å². The van der Waals surface area contributed by atoms with Crippen LogP contribution >= 0.6 is 0 Å². The van der Waals surface area contributed by atoms with E-state index in [0.717, 1.165) is 0 Å². The number of ether oxygens (including phenoxy) is 2. The summed E-state index contributed by atoms with van der Waals surface area (Å²) in [7, 11) is 0. The molecule has 5 nitrogen and oxygen atoms in total. The van der Waals surface area contributed by atoms with E-state index in [9.17, 15) is 14.7 Å². The van der Waals surface area contributed by atoms with E-state index >= 15 is 0 Å². The van der Waals surface area contributed by atoms with Gasteiger partial charge in [0.25, 0.3) is 0 Å². The van der Waals surface area contributed by atoms with Crippen molar-refractivity contribution in [3.05, 3.63) is 35.9 Å². The van der Waals surface area contributed by atoms with Gasteiger partial charge in [0.2, 0.25) is 0 Å². The minimum Gasteiger partial charge on any atom is -0.465 e. The third-order valence-corrected chi connectivity index (χ3v) is 3.20. The van der Waals surface area contributed by atoms with Crippen molar-refractivity contribution in [3.8, 4) is 0 Å². The van der Waals surface area contributed by atoms with Gasteiger partial charge in [0.05, 0.1) is 24.9 Å². The van der Waals surface area contributed by atoms with Crippen molar-refractivity contribution in [3.63, 3.8) is 0 Å². The number of hydrogen-bond donors (Lipinski definition) is 1. The summed E-state index contributed by atoms with van der Waals surface area (Å²) in [4.78, 5) is 22.5. The quantitative estimate of drug-likeness (QED) is 0.779. The molecule has 0 aliphatic carbocycles. The molecule has 21 heavy (non-hydrogen) atoms. The first-order valence-corrected chi connectivity index (χ1v) is 6.95. The summed E-state index contributed by atoms with van der Waals surface area (Å²) in [5, 5.41) is 10.1. The van der Waals surface area contributed by atoms with Gasteiger partial charge >= 0.3 is 11.9 Å². The summed E-state index contributed by atoms with van der Waals surface area (Å²) >= 11 is 0. The lowest BCUT2D eigenvalue weighted by Crippen LogP contribution is -2.32. The summed E-state index contributed by atoms with van der Waals surface area (Å²) in [6.45, 7) is 5.15. The van der Waals surface area contributed by atoms with Gasteiger partial charge in [-0.1, -0.05) is 32.0 Å². The predicted molar refractivity (Wildman–Crippen MR) is 77.7 cm³/mol. The number of carbonyl (C=O) groups excluding carboxylic acids is 2. The van der Waals surface area contributed by atoms with Crippen molar-refractivity contribution in [1.29, 1.82) is 0 Å². The summed E-state index contributed by atoms with van der Waals surface area (Å²) in [5.74, 6) is -1.26. The summed E-state index contributed by atoms with van der Waals surface area (Å²) < 4.78 is 10.0. The maximum absolute atomic E-state index is 11.8. The molecule has 1 rings (SSSR count). The van der Waals surface area contributed by atoms with E-state index in [1.54, 1.807) is 38.1 Å². The first-order chi connectivity index (χ1) is 9.91. The second kappa shape index (κ2) is 8.42. The molecular weight excluding hydrogens is 272 g/mol. The molecule has 0 aromatic heterocycles. The van der Waals surface area contributed by atoms with Gasteiger partial charge in [0.15, 0.2) is 0 Å². The highest BCUT2D eigenvalue weighted by atomic mass is 16.5. The highest BCUT2D eigenvalue weighted by molar-refractivity contribution is 5.89. The largest absolute Gasteiger partial charge is 0.465 e. The molecule has 3 atom stereocenters. The third kappa shape index (κ3) is 5.95. The lowest BCUT2D eigenvalue weighted by molar-refractivity contribution is -0.143. The fourth-order valence-corrected chi connectivity index (χ4v) is 1.87. The first-order valence-electron chi connectivity index (χ1n) is 6.95. The number of rotatable bonds is 7. The minimum absolute atomic E-state index is 0.110. The smallest absolute Gasteiger partial charge is 0.338 e. The minimum atomic E-state index is -0.715. The molecule has 1 aromatic rings. The molecule has 0 aliphatic heterocycles. The molecule has 0 unspecified atom stereocenters. The van der Waals surface area contributed by atoms with Crippen molar-refractivity contribution >= 4 is 11.9 Å². The van der Waals surface area contributed by atoms with E-state index in [1.807, 2.05) is 6.07 Å². The van der Waals surface area contributed by atoms with Crippen LogP contribution in [0.3, 0.4) is 0 Å². The highest BCUT2D eigenvalue weighted by Crippen LogP contribution is 2.15. The molecule has 0 spiro atoms. The fourth-order valence-electron chi connectivity index (χ4n) is 1.87. The van der Waals surface area contributed by atoms with E-state index < -0.39 is 12.1 Å². The average molecular weight is 294 g/mol. The number of hydrogen-bond acceptors (Lipinski definition) is 5. The van der Waals surface area contributed by atoms with Gasteiger partial charge in [-0.25, -0.2) is 4.79 Å². The molecule has 0 fully saturated rings. The normalized spacial score (nSPS) is 14.9. The van der Waals surface area contributed by atoms with Crippen molar-refractivity contribution in [2.45, 2.75) is 26.9 Å². The van der Waals surface area contributed by atoms with Gasteiger partial charge in [-0.2, -0.15) is 0 Å². The molecule has 0 bridgehead atoms. The molecular formula is C16H22O5. The Morgan fingerprint density at radius 3 is 2.10 bits per heavy atom. The van der Waals surface area contributed by atoms with Crippen LogP contribution in [0.2, 0.25) is 0 Å². The molecule has 1 N–H and O–H groups in total. The second-order valence-electron chi connectivity index (χ2n) is 5.21. The number of aliphatic hydroxyl groups excluding tert-OH is 1. The Kier molecular flexibility index (Phi) is 6.88. The molecule has 5 heteroatoms. The van der Waals surface area contributed by atoms with Crippen molar-refractivity contribution < 1.29 is 24.2 Å². The first kappa shape index (κ1) is 17.2. The lowest BCUT2D eigenvalue weighted by Gasteiger charge is -2.24. The number of carbonyl (C=O) groups is 2. The monoisotopic (exact) mass is 294 g/mol. The maximum Gasteiger partial charge on any atom is 0.338 e. The number of aliphatic hydroxyl groups is 1. The van der Waals surface area contributed by atoms with Crippen LogP contribution in [0.25, 0.3) is 0 Å². The van der Waals surface area contributed by atoms with Crippen LogP contribution in [0.5, 0.6) is 0 Å². The molecule has 0 aliphatic rings. The third-order valence-electron chi connectivity index (χ3n) is 3.20. The van der Waals surface area contributed by atoms with Crippen molar-refractivity contribution in [2.75, 3.05) is 13.2 Å². The van der Waals surface area contributed by atoms with Crippen LogP contribution in [0.1, 0.15) is 31.1 Å². The molecule has 0 heterocycles. The molecule has 1 aromatic carbocycles. The zero-order valence-electron chi connectivity index (χ0n) is 12.6. The standard InChI is InChI=1S/C16H22O5/c1-11(9-20-13(3)17)15(18)12(2)10-21-16(19)14-7-5-4-6-8-14/h4-8,11-12,15,18H,9-10H2,1-3H3/t11-,12+,15+/m1/s1. The Bertz CT molecular complexity index is 457. The molecule has 0 saturated carbocycles. The van der Waals surface area contributed by atoms with Crippen LogP contribution < -0.4 is 0 Å². The highest BCUT2D eigenvalue weighted by Gasteiger charge is 2.23. The number of benzene rings is 1. The topological polar surface area (TPSA) is 72.8 Å². The summed E-state index contributed by atoms with van der Waals surface area (Å²) in [6, 6.07) is 8.69. The molecule has 0 saturated heterocycles. The van der Waals surface area contributed by atoms with Gasteiger partial charge in [-0.3, -0.25) is 4.79 Å². The van der Waals surface area contributed by atoms with E-state index in [1.165, 1.54) is 6.92 Å². The zero-order chi connectivity index (χ0) is 15.8. The van der Waals surface area contributed by atoms with Gasteiger partial charge in [-0.05, 0) is 12.1 Å². The van der Waals surface area contributed by atoms with Gasteiger partial charge in [-0.15, -0.1) is 0 Å². The Morgan fingerprint density at radius 1 is 1.05 bits per heavy atom. The molecule has 0 radical (unpaired) electrons. The van der Waals surface area contributed by atoms with Crippen molar-refractivity contribution in [1.82, 2.24) is 0 Å². The van der Waals surface area contributed by atoms with Crippen LogP contribution in [0.4, 0.5) is 0 Å². The van der Waals surface area contributed by atoms with Crippen molar-refractivity contribution in [2.24, 2.45) is 11.8 Å². The summed E-state index contributed by atoms with van der Waals surface area (Å²) in [6.07, 6.45) is -0.715. The van der Waals surface area contributed by atoms with E-state index in [0.29, 0.717) is 5.56 Å². The van der Waals surface area contributed by atoms with E-state index in [-0.39, 0.29) is 31.0 Å². The van der Waals surface area contributed by atoms with Crippen LogP contribution in [0.15, 0.2) is 30.3 Å². The average Bonchev–Trinajstić information content (AvgIpc) is 2.49. The Morgan fingerprint density at radius 2 is 1.57 bits per heavy atom. The SMILES string of the molecule is CC(=O)OC[C@@H](C)[C@H](O)[C@@H](C)COC(=O)c1ccccc1. The predicted octanol–water partition coefficient (Wildman–Crippen LogP) is 2.04. The second-order valence-corrected chi connectivity index (χ2v) is 5.21. The van der Waals surface area contributed by atoms with Crippen LogP contribution in [-0.2, 0) is 14.3 Å². The molecule has 0 amide bonds. The van der Waals surface area contributed by atoms with Gasteiger partial charge < -0.3 is 14.6 Å². The lowest BCUT2D eigenvalue weighted by atomic mass is 9.94. The Labute approximate surface area is 124 Å². The van der Waals surface area contributed by atoms with Gasteiger partial charge in [0.1, 0.15) is 0 Å². The fraction of sp³-hybridized carbons (Fsp3) is 0.500. The summed E-state index contributed by atoms with van der Waals surface area (Å²) in [5.41, 5.74) is 0.479. The maximum atomic E-state index is 11.8. The zero-order valence-corrected chi connectivity index (χ0v) is 12.6.